The van der Waals surface area contributed by atoms with Crippen molar-refractivity contribution in [3.63, 3.8) is 0 Å². The molecule has 0 aromatic heterocycles. The Morgan fingerprint density at radius 2 is 1.64 bits per heavy atom. The smallest absolute Gasteiger partial charge is 0.244 e. The summed E-state index contributed by atoms with van der Waals surface area (Å²) < 4.78 is 31.3. The second-order valence-corrected chi connectivity index (χ2v) is 8.66. The molecule has 0 bridgehead atoms. The van der Waals surface area contributed by atoms with E-state index in [4.69, 9.17) is 4.74 Å². The minimum Gasteiger partial charge on any atom is -0.494 e. The van der Waals surface area contributed by atoms with Crippen LogP contribution in [0.25, 0.3) is 0 Å². The Bertz CT molecular complexity index is 893. The van der Waals surface area contributed by atoms with Gasteiger partial charge in [-0.2, -0.15) is 0 Å². The fourth-order valence-corrected chi connectivity index (χ4v) is 4.11. The predicted octanol–water partition coefficient (Wildman–Crippen LogP) is 3.43. The van der Waals surface area contributed by atoms with Crippen LogP contribution in [0.5, 0.6) is 5.75 Å². The van der Waals surface area contributed by atoms with Crippen molar-refractivity contribution < 1.29 is 17.9 Å². The van der Waals surface area contributed by atoms with Crippen LogP contribution in [0.2, 0.25) is 0 Å². The predicted molar refractivity (Wildman–Crippen MR) is 112 cm³/mol. The summed E-state index contributed by atoms with van der Waals surface area (Å²) in [7, 11) is -3.63. The van der Waals surface area contributed by atoms with Gasteiger partial charge in [-0.25, -0.2) is 8.42 Å². The molecule has 1 amide bonds. The van der Waals surface area contributed by atoms with Crippen LogP contribution in [0.4, 0.5) is 5.69 Å². The average molecular weight is 405 g/mol. The van der Waals surface area contributed by atoms with Gasteiger partial charge < -0.3 is 10.1 Å². The molecule has 0 unspecified atom stereocenters. The number of nitrogens with zero attached hydrogens (tertiary/aromatic N) is 1. The van der Waals surface area contributed by atoms with Crippen LogP contribution in [0.1, 0.15) is 37.9 Å². The van der Waals surface area contributed by atoms with Gasteiger partial charge in [0.2, 0.25) is 15.9 Å². The van der Waals surface area contributed by atoms with Gasteiger partial charge in [0.05, 0.1) is 24.6 Å². The fourth-order valence-electron chi connectivity index (χ4n) is 2.94. The molecule has 2 rings (SSSR count). The standard InChI is InChI=1S/C21H28N2O4S/c1-6-27-20-13-9-18(10-14-20)16(3)22-21(24)17(4)23(28(5,25)26)19-11-7-15(2)8-12-19/h7-14,16-17H,6H2,1-5H3,(H,22,24)/t16-,17-/m1/s1. The van der Waals surface area contributed by atoms with E-state index in [1.807, 2.05) is 57.2 Å². The third-order valence-corrected chi connectivity index (χ3v) is 5.67. The van der Waals surface area contributed by atoms with Gasteiger partial charge >= 0.3 is 0 Å². The Balaban J connectivity index is 2.17. The van der Waals surface area contributed by atoms with E-state index in [2.05, 4.69) is 5.32 Å². The highest BCUT2D eigenvalue weighted by molar-refractivity contribution is 7.92. The van der Waals surface area contributed by atoms with E-state index < -0.39 is 16.1 Å². The third-order valence-electron chi connectivity index (χ3n) is 4.43. The number of anilines is 1. The highest BCUT2D eigenvalue weighted by Crippen LogP contribution is 2.22. The van der Waals surface area contributed by atoms with Crippen LogP contribution in [0, 0.1) is 6.92 Å². The zero-order valence-corrected chi connectivity index (χ0v) is 17.8. The van der Waals surface area contributed by atoms with Gasteiger partial charge in [-0.05, 0) is 57.5 Å². The first kappa shape index (κ1) is 21.8. The summed E-state index contributed by atoms with van der Waals surface area (Å²) in [5.41, 5.74) is 2.38. The minimum absolute atomic E-state index is 0.273. The summed E-state index contributed by atoms with van der Waals surface area (Å²) in [6, 6.07) is 13.4. The average Bonchev–Trinajstić information content (AvgIpc) is 2.63. The second kappa shape index (κ2) is 9.10. The topological polar surface area (TPSA) is 75.7 Å². The molecule has 0 saturated carbocycles. The molecule has 1 N–H and O–H groups in total. The van der Waals surface area contributed by atoms with Crippen LogP contribution in [-0.4, -0.2) is 33.2 Å². The highest BCUT2D eigenvalue weighted by Gasteiger charge is 2.29. The van der Waals surface area contributed by atoms with E-state index in [9.17, 15) is 13.2 Å². The molecular formula is C21H28N2O4S. The summed E-state index contributed by atoms with van der Waals surface area (Å²) in [6.07, 6.45) is 1.10. The number of benzene rings is 2. The molecule has 152 valence electrons. The van der Waals surface area contributed by atoms with Crippen LogP contribution in [0.15, 0.2) is 48.5 Å². The molecule has 2 aromatic carbocycles. The third kappa shape index (κ3) is 5.48. The SMILES string of the molecule is CCOc1ccc([C@@H](C)NC(=O)[C@@H](C)N(c2ccc(C)cc2)S(C)(=O)=O)cc1. The highest BCUT2D eigenvalue weighted by atomic mass is 32.2. The molecule has 0 aliphatic rings. The fraction of sp³-hybridized carbons (Fsp3) is 0.381. The molecule has 28 heavy (non-hydrogen) atoms. The van der Waals surface area contributed by atoms with Crippen LogP contribution < -0.4 is 14.4 Å². The van der Waals surface area contributed by atoms with Crippen molar-refractivity contribution in [1.82, 2.24) is 5.32 Å². The number of amides is 1. The Hall–Kier alpha value is -2.54. The van der Waals surface area contributed by atoms with E-state index >= 15 is 0 Å². The Kier molecular flexibility index (Phi) is 7.07. The number of carbonyl (C=O) groups is 1. The molecule has 6 nitrogen and oxygen atoms in total. The molecule has 7 heteroatoms. The van der Waals surface area contributed by atoms with Gasteiger partial charge in [-0.1, -0.05) is 29.8 Å². The maximum absolute atomic E-state index is 12.8. The number of hydrogen-bond donors (Lipinski definition) is 1. The quantitative estimate of drug-likeness (QED) is 0.731. The molecule has 0 heterocycles. The molecule has 2 atom stereocenters. The number of carbonyl (C=O) groups excluding carboxylic acids is 1. The number of sulfonamides is 1. The maximum Gasteiger partial charge on any atom is 0.244 e. The summed E-state index contributed by atoms with van der Waals surface area (Å²) in [6.45, 7) is 7.87. The van der Waals surface area contributed by atoms with Gasteiger partial charge in [-0.15, -0.1) is 0 Å². The van der Waals surface area contributed by atoms with Crippen molar-refractivity contribution in [3.05, 3.63) is 59.7 Å². The molecule has 0 aliphatic heterocycles. The number of nitrogens with one attached hydrogen (secondary N) is 1. The molecule has 0 aliphatic carbocycles. The first-order valence-electron chi connectivity index (χ1n) is 9.22. The van der Waals surface area contributed by atoms with E-state index in [1.165, 1.54) is 0 Å². The van der Waals surface area contributed by atoms with E-state index in [0.717, 1.165) is 27.4 Å². The molecule has 0 radical (unpaired) electrons. The van der Waals surface area contributed by atoms with Crippen molar-refractivity contribution in [1.29, 1.82) is 0 Å². The summed E-state index contributed by atoms with van der Waals surface area (Å²) in [5.74, 6) is 0.396. The lowest BCUT2D eigenvalue weighted by Gasteiger charge is -2.29. The second-order valence-electron chi connectivity index (χ2n) is 6.80. The molecular weight excluding hydrogens is 376 g/mol. The number of rotatable bonds is 8. The number of hydrogen-bond acceptors (Lipinski definition) is 4. The normalized spacial score (nSPS) is 13.5. The zero-order valence-electron chi connectivity index (χ0n) is 17.0. The number of aryl methyl sites for hydroxylation is 1. The monoisotopic (exact) mass is 404 g/mol. The largest absolute Gasteiger partial charge is 0.494 e. The van der Waals surface area contributed by atoms with Crippen LogP contribution in [-0.2, 0) is 14.8 Å². The summed E-state index contributed by atoms with van der Waals surface area (Å²) >= 11 is 0. The Labute approximate surface area is 167 Å². The summed E-state index contributed by atoms with van der Waals surface area (Å²) in [5, 5.41) is 2.90. The first-order chi connectivity index (χ1) is 13.1. The molecule has 0 fully saturated rings. The van der Waals surface area contributed by atoms with Crippen molar-refractivity contribution in [3.8, 4) is 5.75 Å². The van der Waals surface area contributed by atoms with E-state index in [0.29, 0.717) is 12.3 Å². The van der Waals surface area contributed by atoms with Crippen molar-refractivity contribution in [2.75, 3.05) is 17.2 Å². The first-order valence-corrected chi connectivity index (χ1v) is 11.1. The lowest BCUT2D eigenvalue weighted by Crippen LogP contribution is -2.48. The van der Waals surface area contributed by atoms with Gasteiger partial charge in [0, 0.05) is 0 Å². The lowest BCUT2D eigenvalue weighted by atomic mass is 10.1. The Morgan fingerprint density at radius 1 is 1.07 bits per heavy atom. The van der Waals surface area contributed by atoms with Gasteiger partial charge in [0.1, 0.15) is 11.8 Å². The van der Waals surface area contributed by atoms with Gasteiger partial charge in [0.25, 0.3) is 0 Å². The van der Waals surface area contributed by atoms with Crippen molar-refractivity contribution >= 4 is 21.6 Å². The zero-order chi connectivity index (χ0) is 20.9. The number of ether oxygens (including phenoxy) is 1. The summed E-state index contributed by atoms with van der Waals surface area (Å²) in [4.78, 5) is 12.8. The van der Waals surface area contributed by atoms with Crippen molar-refractivity contribution in [2.24, 2.45) is 0 Å². The minimum atomic E-state index is -3.63. The van der Waals surface area contributed by atoms with Gasteiger partial charge in [0.15, 0.2) is 0 Å². The maximum atomic E-state index is 12.8. The van der Waals surface area contributed by atoms with Crippen molar-refractivity contribution in [2.45, 2.75) is 39.8 Å². The molecule has 0 spiro atoms. The van der Waals surface area contributed by atoms with Gasteiger partial charge in [-0.3, -0.25) is 9.10 Å². The molecule has 2 aromatic rings. The van der Waals surface area contributed by atoms with E-state index in [-0.39, 0.29) is 11.9 Å². The lowest BCUT2D eigenvalue weighted by molar-refractivity contribution is -0.122. The molecule has 0 saturated heterocycles. The van der Waals surface area contributed by atoms with Crippen LogP contribution in [0.3, 0.4) is 0 Å². The Morgan fingerprint density at radius 3 is 2.14 bits per heavy atom. The van der Waals surface area contributed by atoms with E-state index in [1.54, 1.807) is 19.1 Å². The van der Waals surface area contributed by atoms with Crippen LogP contribution >= 0.6 is 0 Å².